The van der Waals surface area contributed by atoms with Gasteiger partial charge in [-0.05, 0) is 35.9 Å². The molecule has 40 heavy (non-hydrogen) atoms. The minimum Gasteiger partial charge on any atom is -0.477 e. The molecule has 6 rings (SSSR count). The Kier molecular flexibility index (Phi) is 6.78. The van der Waals surface area contributed by atoms with E-state index in [1.54, 1.807) is 12.1 Å². The van der Waals surface area contributed by atoms with E-state index in [2.05, 4.69) is 10.5 Å². The van der Waals surface area contributed by atoms with Gasteiger partial charge in [0.1, 0.15) is 35.4 Å². The number of hydrogen-bond acceptors (Lipinski definition) is 10. The van der Waals surface area contributed by atoms with Crippen LogP contribution in [-0.2, 0) is 25.8 Å². The number of carboxylic acid groups (broad SMARTS) is 1. The molecule has 0 spiro atoms. The van der Waals surface area contributed by atoms with Gasteiger partial charge in [-0.25, -0.2) is 4.79 Å². The first-order valence-electron chi connectivity index (χ1n) is 12.0. The molecule has 3 N–H and O–H groups in total. The van der Waals surface area contributed by atoms with Crippen LogP contribution in [0.1, 0.15) is 11.3 Å². The second-order valence-corrected chi connectivity index (χ2v) is 11.1. The van der Waals surface area contributed by atoms with Crippen LogP contribution in [0, 0.1) is 0 Å². The lowest BCUT2D eigenvalue weighted by molar-refractivity contribution is -0.150. The molecular formula is C27H21N3O8S2. The van der Waals surface area contributed by atoms with Gasteiger partial charge in [0.05, 0.1) is 12.9 Å². The van der Waals surface area contributed by atoms with Crippen molar-refractivity contribution in [3.8, 4) is 0 Å². The molecule has 11 nitrogen and oxygen atoms in total. The Labute approximate surface area is 234 Å². The van der Waals surface area contributed by atoms with Crippen molar-refractivity contribution in [1.29, 1.82) is 0 Å². The number of carboxylic acids is 1. The second kappa shape index (κ2) is 10.4. The van der Waals surface area contributed by atoms with Gasteiger partial charge in [-0.1, -0.05) is 35.1 Å². The van der Waals surface area contributed by atoms with Gasteiger partial charge in [0.15, 0.2) is 5.76 Å². The van der Waals surface area contributed by atoms with E-state index >= 15 is 0 Å². The van der Waals surface area contributed by atoms with E-state index in [1.165, 1.54) is 47.9 Å². The molecule has 0 unspecified atom stereocenters. The molecule has 0 radical (unpaired) electrons. The van der Waals surface area contributed by atoms with E-state index in [9.17, 15) is 24.6 Å². The van der Waals surface area contributed by atoms with Crippen LogP contribution in [-0.4, -0.2) is 62.9 Å². The van der Waals surface area contributed by atoms with Gasteiger partial charge in [0, 0.05) is 26.3 Å². The van der Waals surface area contributed by atoms with Crippen LogP contribution in [0.5, 0.6) is 0 Å². The van der Waals surface area contributed by atoms with Crippen LogP contribution in [0.3, 0.4) is 0 Å². The molecule has 2 aliphatic heterocycles. The average Bonchev–Trinajstić information content (AvgIpc) is 3.62. The number of nitrogens with zero attached hydrogens (tertiary/aromatic N) is 2. The number of furan rings is 2. The minimum atomic E-state index is -1.24. The molecule has 13 heteroatoms. The van der Waals surface area contributed by atoms with Gasteiger partial charge in [-0.3, -0.25) is 14.5 Å². The van der Waals surface area contributed by atoms with Crippen molar-refractivity contribution in [2.45, 2.75) is 22.9 Å². The summed E-state index contributed by atoms with van der Waals surface area (Å²) < 4.78 is 11.2. The average molecular weight is 580 g/mol. The number of amides is 2. The third-order valence-electron chi connectivity index (χ3n) is 6.51. The maximum Gasteiger partial charge on any atom is 0.353 e. The lowest BCUT2D eigenvalue weighted by Gasteiger charge is -2.49. The number of thioether (sulfide) groups is 2. The van der Waals surface area contributed by atoms with Crippen molar-refractivity contribution in [2.24, 2.45) is 5.16 Å². The van der Waals surface area contributed by atoms with Gasteiger partial charge in [-0.15, -0.1) is 11.8 Å². The Morgan fingerprint density at radius 3 is 2.80 bits per heavy atom. The highest BCUT2D eigenvalue weighted by atomic mass is 32.2. The van der Waals surface area contributed by atoms with Gasteiger partial charge in [-0.2, -0.15) is 0 Å². The van der Waals surface area contributed by atoms with Crippen LogP contribution in [0.15, 0.2) is 84.3 Å². The molecule has 2 aromatic carbocycles. The number of aliphatic carboxylic acids is 1. The van der Waals surface area contributed by atoms with Gasteiger partial charge in [0.25, 0.3) is 11.8 Å². The smallest absolute Gasteiger partial charge is 0.353 e. The summed E-state index contributed by atoms with van der Waals surface area (Å²) in [5, 5.41) is 27.0. The number of benzene rings is 2. The third kappa shape index (κ3) is 4.31. The maximum absolute atomic E-state index is 13.2. The first-order chi connectivity index (χ1) is 19.4. The van der Waals surface area contributed by atoms with Crippen LogP contribution >= 0.6 is 23.5 Å². The number of aliphatic hydroxyl groups is 1. The summed E-state index contributed by atoms with van der Waals surface area (Å²) in [6.07, 6.45) is 1.38. The Hall–Kier alpha value is -4.20. The van der Waals surface area contributed by atoms with Crippen molar-refractivity contribution >= 4 is 69.0 Å². The normalized spacial score (nSPS) is 19.1. The van der Waals surface area contributed by atoms with Gasteiger partial charge < -0.3 is 29.2 Å². The Morgan fingerprint density at radius 2 is 2.08 bits per heavy atom. The Morgan fingerprint density at radius 1 is 1.23 bits per heavy atom. The molecular weight excluding hydrogens is 558 g/mol. The number of aliphatic hydroxyl groups excluding tert-OH is 1. The Bertz CT molecular complexity index is 1730. The molecule has 1 fully saturated rings. The van der Waals surface area contributed by atoms with E-state index in [-0.39, 0.29) is 23.8 Å². The van der Waals surface area contributed by atoms with Crippen molar-refractivity contribution in [3.63, 3.8) is 0 Å². The van der Waals surface area contributed by atoms with Gasteiger partial charge in [0.2, 0.25) is 5.71 Å². The minimum absolute atomic E-state index is 0.115. The van der Waals surface area contributed by atoms with Crippen molar-refractivity contribution in [3.05, 3.63) is 76.7 Å². The standard InChI is InChI=1S/C27H21N3O8S2/c1-36-29-21(16-5-3-9-37-16)24(32)28-22-25(33)30-23(27(34)35)19(12-39-26(22)30)40-18-6-2-4-15-20(18)14-8-7-13(11-31)10-17(14)38-15/h2-10,22,26,31H,11-12H2,1H3,(H,28,32)(H,34,35)/t22-,26+/m1/s1. The fourth-order valence-corrected chi connectivity index (χ4v) is 7.38. The SMILES string of the molecule is CON=C(C(=O)N[C@@H]1C(=O)N2C(C(=O)O)=C(Sc3cccc4oc5cc(CO)ccc5c34)CS[C@@H]12)c1ccco1. The fraction of sp³-hybridized carbons (Fsp3) is 0.185. The molecule has 2 aliphatic rings. The van der Waals surface area contributed by atoms with Crippen molar-refractivity contribution in [1.82, 2.24) is 10.2 Å². The first-order valence-corrected chi connectivity index (χ1v) is 13.9. The summed E-state index contributed by atoms with van der Waals surface area (Å²) in [5.74, 6) is -1.98. The highest BCUT2D eigenvalue weighted by molar-refractivity contribution is 8.06. The summed E-state index contributed by atoms with van der Waals surface area (Å²) in [5.41, 5.74) is 1.70. The summed E-state index contributed by atoms with van der Waals surface area (Å²) in [6.45, 7) is -0.115. The van der Waals surface area contributed by atoms with E-state index in [1.807, 2.05) is 30.3 Å². The molecule has 204 valence electrons. The zero-order valence-corrected chi connectivity index (χ0v) is 22.5. The summed E-state index contributed by atoms with van der Waals surface area (Å²) in [4.78, 5) is 45.7. The van der Waals surface area contributed by atoms with E-state index in [0.29, 0.717) is 27.4 Å². The largest absolute Gasteiger partial charge is 0.477 e. The number of carbonyl (C=O) groups excluding carboxylic acids is 2. The van der Waals surface area contributed by atoms with E-state index in [4.69, 9.17) is 13.7 Å². The molecule has 2 atom stereocenters. The number of fused-ring (bicyclic) bond motifs is 4. The Balaban J connectivity index is 1.29. The number of rotatable bonds is 8. The van der Waals surface area contributed by atoms with Crippen LogP contribution < -0.4 is 5.32 Å². The number of β-lactam (4-membered cyclic amide) rings is 1. The molecule has 0 aliphatic carbocycles. The van der Waals surface area contributed by atoms with Crippen LogP contribution in [0.4, 0.5) is 0 Å². The van der Waals surface area contributed by atoms with E-state index < -0.39 is 29.2 Å². The van der Waals surface area contributed by atoms with Crippen molar-refractivity contribution < 1.29 is 38.3 Å². The van der Waals surface area contributed by atoms with Gasteiger partial charge >= 0.3 is 5.97 Å². The van der Waals surface area contributed by atoms with E-state index in [0.717, 1.165) is 15.7 Å². The molecule has 0 bridgehead atoms. The highest BCUT2D eigenvalue weighted by Crippen LogP contribution is 2.47. The monoisotopic (exact) mass is 579 g/mol. The molecule has 4 aromatic rings. The number of nitrogens with one attached hydrogen (secondary N) is 1. The zero-order valence-electron chi connectivity index (χ0n) is 20.8. The quantitative estimate of drug-likeness (QED) is 0.160. The molecule has 0 saturated carbocycles. The highest BCUT2D eigenvalue weighted by Gasteiger charge is 2.54. The summed E-state index contributed by atoms with van der Waals surface area (Å²) in [7, 11) is 1.28. The molecule has 4 heterocycles. The number of hydrogen-bond donors (Lipinski definition) is 3. The number of carbonyl (C=O) groups is 3. The predicted octanol–water partition coefficient (Wildman–Crippen LogP) is 3.51. The van der Waals surface area contributed by atoms with Crippen LogP contribution in [0.2, 0.25) is 0 Å². The third-order valence-corrected chi connectivity index (χ3v) is 9.12. The fourth-order valence-electron chi connectivity index (χ4n) is 4.74. The molecule has 2 amide bonds. The lowest BCUT2D eigenvalue weighted by Crippen LogP contribution is -2.71. The maximum atomic E-state index is 13.2. The summed E-state index contributed by atoms with van der Waals surface area (Å²) >= 11 is 2.62. The molecule has 1 saturated heterocycles. The predicted molar refractivity (Wildman–Crippen MR) is 147 cm³/mol. The lowest BCUT2D eigenvalue weighted by atomic mass is 10.0. The van der Waals surface area contributed by atoms with Crippen molar-refractivity contribution in [2.75, 3.05) is 12.9 Å². The second-order valence-electron chi connectivity index (χ2n) is 8.86. The summed E-state index contributed by atoms with van der Waals surface area (Å²) in [6, 6.07) is 13.1. The molecule has 2 aromatic heterocycles. The van der Waals surface area contributed by atoms with Crippen LogP contribution in [0.25, 0.3) is 21.9 Å². The zero-order chi connectivity index (χ0) is 28.0. The number of oxime groups is 1. The first kappa shape index (κ1) is 26.0. The topological polar surface area (TPSA) is 155 Å².